The minimum atomic E-state index is -0.316. The Morgan fingerprint density at radius 2 is 1.54 bits per heavy atom. The van der Waals surface area contributed by atoms with Gasteiger partial charge in [0.25, 0.3) is 5.91 Å². The summed E-state index contributed by atoms with van der Waals surface area (Å²) in [5.74, 6) is -0.316. The van der Waals surface area contributed by atoms with Crippen molar-refractivity contribution in [2.75, 3.05) is 5.32 Å². The van der Waals surface area contributed by atoms with Gasteiger partial charge in [-0.25, -0.2) is 4.68 Å². The van der Waals surface area contributed by atoms with Gasteiger partial charge in [0.2, 0.25) is 0 Å². The molecule has 0 unspecified atom stereocenters. The highest BCUT2D eigenvalue weighted by Crippen LogP contribution is 2.25. The molecule has 28 heavy (non-hydrogen) atoms. The molecule has 5 heteroatoms. The van der Waals surface area contributed by atoms with Crippen molar-refractivity contribution in [1.29, 1.82) is 5.26 Å². The molecule has 0 aliphatic heterocycles. The molecule has 4 aromatic rings. The van der Waals surface area contributed by atoms with Crippen LogP contribution in [-0.4, -0.2) is 15.7 Å². The first kappa shape index (κ1) is 17.3. The van der Waals surface area contributed by atoms with Crippen molar-refractivity contribution in [2.24, 2.45) is 0 Å². The molecular weight excluding hydrogens is 348 g/mol. The van der Waals surface area contributed by atoms with Crippen LogP contribution in [-0.2, 0) is 0 Å². The number of carbonyl (C=O) groups excluding carboxylic acids is 1. The van der Waals surface area contributed by atoms with E-state index < -0.39 is 0 Å². The summed E-state index contributed by atoms with van der Waals surface area (Å²) >= 11 is 0. The zero-order chi connectivity index (χ0) is 19.3. The predicted octanol–water partition coefficient (Wildman–Crippen LogP) is 4.66. The fourth-order valence-electron chi connectivity index (χ4n) is 2.94. The molecule has 0 aliphatic rings. The number of rotatable bonds is 4. The quantitative estimate of drug-likeness (QED) is 0.572. The van der Waals surface area contributed by atoms with E-state index in [1.54, 1.807) is 35.1 Å². The van der Waals surface area contributed by atoms with Crippen LogP contribution in [0.2, 0.25) is 0 Å². The van der Waals surface area contributed by atoms with Crippen molar-refractivity contribution in [1.82, 2.24) is 9.78 Å². The van der Waals surface area contributed by atoms with Gasteiger partial charge in [0.15, 0.2) is 0 Å². The largest absolute Gasteiger partial charge is 0.321 e. The Hall–Kier alpha value is -4.17. The van der Waals surface area contributed by atoms with E-state index in [2.05, 4.69) is 16.5 Å². The second-order valence-corrected chi connectivity index (χ2v) is 6.15. The SMILES string of the molecule is N#Cc1ccccc1NC(=O)c1cn(-c2ccccc2)nc1-c1ccccc1. The van der Waals surface area contributed by atoms with E-state index in [1.807, 2.05) is 60.7 Å². The standard InChI is InChI=1S/C23H16N4O/c24-15-18-11-7-8-14-21(18)25-23(28)20-16-27(19-12-5-2-6-13-19)26-22(20)17-9-3-1-4-10-17/h1-14,16H,(H,25,28). The Balaban J connectivity index is 1.78. The number of nitrogens with one attached hydrogen (secondary N) is 1. The molecule has 4 rings (SSSR count). The first-order valence-electron chi connectivity index (χ1n) is 8.77. The number of hydrogen-bond donors (Lipinski definition) is 1. The molecule has 1 heterocycles. The molecule has 1 amide bonds. The maximum absolute atomic E-state index is 13.0. The van der Waals surface area contributed by atoms with E-state index in [1.165, 1.54) is 0 Å². The van der Waals surface area contributed by atoms with Crippen molar-refractivity contribution < 1.29 is 4.79 Å². The van der Waals surface area contributed by atoms with Gasteiger partial charge in [0.1, 0.15) is 11.8 Å². The molecule has 5 nitrogen and oxygen atoms in total. The molecule has 134 valence electrons. The van der Waals surface area contributed by atoms with E-state index >= 15 is 0 Å². The molecule has 0 fully saturated rings. The lowest BCUT2D eigenvalue weighted by atomic mass is 10.1. The highest BCUT2D eigenvalue weighted by Gasteiger charge is 2.19. The molecule has 1 N–H and O–H groups in total. The van der Waals surface area contributed by atoms with Crippen molar-refractivity contribution in [2.45, 2.75) is 0 Å². The lowest BCUT2D eigenvalue weighted by Gasteiger charge is -2.07. The van der Waals surface area contributed by atoms with Gasteiger partial charge in [-0.15, -0.1) is 0 Å². The Morgan fingerprint density at radius 1 is 0.893 bits per heavy atom. The van der Waals surface area contributed by atoms with Crippen LogP contribution in [0.25, 0.3) is 16.9 Å². The second kappa shape index (κ2) is 7.60. The molecule has 0 atom stereocenters. The third-order valence-electron chi connectivity index (χ3n) is 4.32. The van der Waals surface area contributed by atoms with Crippen LogP contribution in [0.4, 0.5) is 5.69 Å². The summed E-state index contributed by atoms with van der Waals surface area (Å²) in [5.41, 5.74) is 3.60. The number of para-hydroxylation sites is 2. The Kier molecular flexibility index (Phi) is 4.68. The average molecular weight is 364 g/mol. The van der Waals surface area contributed by atoms with Gasteiger partial charge in [0.05, 0.1) is 22.5 Å². The first-order valence-corrected chi connectivity index (χ1v) is 8.77. The fourth-order valence-corrected chi connectivity index (χ4v) is 2.94. The maximum atomic E-state index is 13.0. The highest BCUT2D eigenvalue weighted by atomic mass is 16.1. The van der Waals surface area contributed by atoms with E-state index in [9.17, 15) is 10.1 Å². The predicted molar refractivity (Wildman–Crippen MR) is 108 cm³/mol. The average Bonchev–Trinajstić information content (AvgIpc) is 3.21. The molecule has 0 aliphatic carbocycles. The fraction of sp³-hybridized carbons (Fsp3) is 0. The van der Waals surface area contributed by atoms with E-state index in [0.717, 1.165) is 11.3 Å². The van der Waals surface area contributed by atoms with E-state index in [4.69, 9.17) is 0 Å². The summed E-state index contributed by atoms with van der Waals surface area (Å²) in [6.45, 7) is 0. The van der Waals surface area contributed by atoms with Gasteiger partial charge in [0, 0.05) is 11.8 Å². The van der Waals surface area contributed by atoms with Gasteiger partial charge < -0.3 is 5.32 Å². The van der Waals surface area contributed by atoms with Crippen LogP contribution in [0.5, 0.6) is 0 Å². The lowest BCUT2D eigenvalue weighted by Crippen LogP contribution is -2.13. The lowest BCUT2D eigenvalue weighted by molar-refractivity contribution is 0.102. The molecule has 1 aromatic heterocycles. The third kappa shape index (κ3) is 3.39. The Morgan fingerprint density at radius 3 is 2.25 bits per heavy atom. The van der Waals surface area contributed by atoms with Crippen LogP contribution in [0.1, 0.15) is 15.9 Å². The summed E-state index contributed by atoms with van der Waals surface area (Å²) in [4.78, 5) is 13.0. The van der Waals surface area contributed by atoms with Crippen LogP contribution in [0.3, 0.4) is 0 Å². The minimum absolute atomic E-state index is 0.316. The van der Waals surface area contributed by atoms with Crippen molar-refractivity contribution in [3.63, 3.8) is 0 Å². The summed E-state index contributed by atoms with van der Waals surface area (Å²) in [5, 5.41) is 16.8. The third-order valence-corrected chi connectivity index (χ3v) is 4.32. The molecule has 0 saturated heterocycles. The highest BCUT2D eigenvalue weighted by molar-refractivity contribution is 6.08. The number of aromatic nitrogens is 2. The number of nitrogens with zero attached hydrogens (tertiary/aromatic N) is 3. The van der Waals surface area contributed by atoms with Gasteiger partial charge >= 0.3 is 0 Å². The number of carbonyl (C=O) groups is 1. The van der Waals surface area contributed by atoms with Crippen LogP contribution in [0.15, 0.2) is 91.1 Å². The first-order chi connectivity index (χ1) is 13.8. The Labute approximate surface area is 162 Å². The number of amides is 1. The van der Waals surface area contributed by atoms with Crippen molar-refractivity contribution >= 4 is 11.6 Å². The molecule has 0 saturated carbocycles. The number of nitriles is 1. The van der Waals surface area contributed by atoms with Gasteiger partial charge in [-0.05, 0) is 24.3 Å². The number of anilines is 1. The summed E-state index contributed by atoms with van der Waals surface area (Å²) in [6, 6.07) is 28.2. The summed E-state index contributed by atoms with van der Waals surface area (Å²) in [7, 11) is 0. The smallest absolute Gasteiger partial charge is 0.259 e. The van der Waals surface area contributed by atoms with E-state index in [0.29, 0.717) is 22.5 Å². The second-order valence-electron chi connectivity index (χ2n) is 6.15. The van der Waals surface area contributed by atoms with E-state index in [-0.39, 0.29) is 5.91 Å². The molecule has 0 radical (unpaired) electrons. The zero-order valence-corrected chi connectivity index (χ0v) is 14.9. The Bertz CT molecular complexity index is 1160. The maximum Gasteiger partial charge on any atom is 0.259 e. The summed E-state index contributed by atoms with van der Waals surface area (Å²) < 4.78 is 1.69. The molecule has 0 spiro atoms. The minimum Gasteiger partial charge on any atom is -0.321 e. The van der Waals surface area contributed by atoms with Crippen LogP contribution >= 0.6 is 0 Å². The van der Waals surface area contributed by atoms with Gasteiger partial charge in [-0.1, -0.05) is 60.7 Å². The van der Waals surface area contributed by atoms with Crippen molar-refractivity contribution in [3.05, 3.63) is 102 Å². The van der Waals surface area contributed by atoms with Crippen LogP contribution in [0, 0.1) is 11.3 Å². The molecule has 0 bridgehead atoms. The molecule has 3 aromatic carbocycles. The van der Waals surface area contributed by atoms with Crippen molar-refractivity contribution in [3.8, 4) is 23.0 Å². The molecular formula is C23H16N4O. The summed E-state index contributed by atoms with van der Waals surface area (Å²) in [6.07, 6.45) is 1.71. The topological polar surface area (TPSA) is 70.7 Å². The zero-order valence-electron chi connectivity index (χ0n) is 14.9. The number of benzene rings is 3. The van der Waals surface area contributed by atoms with Crippen LogP contribution < -0.4 is 5.32 Å². The number of hydrogen-bond acceptors (Lipinski definition) is 3. The van der Waals surface area contributed by atoms with Gasteiger partial charge in [-0.2, -0.15) is 10.4 Å². The van der Waals surface area contributed by atoms with Gasteiger partial charge in [-0.3, -0.25) is 4.79 Å². The normalized spacial score (nSPS) is 10.2. The monoisotopic (exact) mass is 364 g/mol.